The summed E-state index contributed by atoms with van der Waals surface area (Å²) in [4.78, 5) is 19.0. The number of hydrogen-bond donors (Lipinski definition) is 1. The van der Waals surface area contributed by atoms with Crippen molar-refractivity contribution in [3.05, 3.63) is 16.1 Å². The number of nitrogens with two attached hydrogens (primary N) is 1. The van der Waals surface area contributed by atoms with Crippen molar-refractivity contribution in [3.8, 4) is 0 Å². The Kier molecular flexibility index (Phi) is 5.38. The molecule has 1 amide bonds. The largest absolute Gasteiger partial charge is 0.337 e. The van der Waals surface area contributed by atoms with E-state index in [2.05, 4.69) is 25.8 Å². The topological polar surface area (TPSA) is 59.2 Å². The normalized spacial score (nSPS) is 20.4. The van der Waals surface area contributed by atoms with Crippen LogP contribution in [0.1, 0.15) is 55.5 Å². The highest BCUT2D eigenvalue weighted by atomic mass is 32.1. The molecule has 1 atom stereocenters. The number of hydrogen-bond acceptors (Lipinski definition) is 4. The Balaban J connectivity index is 1.99. The minimum absolute atomic E-state index is 0.0871. The SMILES string of the molecule is CC(C)(C)C1CCCN(C(=O)c2csc(CCN)n2)CC1. The van der Waals surface area contributed by atoms with Gasteiger partial charge in [-0.3, -0.25) is 4.79 Å². The summed E-state index contributed by atoms with van der Waals surface area (Å²) >= 11 is 1.54. The van der Waals surface area contributed by atoms with Gasteiger partial charge in [-0.2, -0.15) is 0 Å². The molecule has 0 saturated carbocycles. The minimum atomic E-state index is 0.0871. The molecule has 21 heavy (non-hydrogen) atoms. The zero-order valence-corrected chi connectivity index (χ0v) is 14.2. The van der Waals surface area contributed by atoms with Crippen molar-refractivity contribution in [2.45, 2.75) is 46.5 Å². The summed E-state index contributed by atoms with van der Waals surface area (Å²) in [7, 11) is 0. The van der Waals surface area contributed by atoms with Crippen molar-refractivity contribution in [3.63, 3.8) is 0 Å². The first-order chi connectivity index (χ1) is 9.91. The zero-order chi connectivity index (χ0) is 15.5. The number of nitrogens with zero attached hydrogens (tertiary/aromatic N) is 2. The first kappa shape index (κ1) is 16.4. The number of aromatic nitrogens is 1. The van der Waals surface area contributed by atoms with Crippen LogP contribution in [0, 0.1) is 11.3 Å². The van der Waals surface area contributed by atoms with Gasteiger partial charge in [-0.15, -0.1) is 11.3 Å². The second-order valence-electron chi connectivity index (χ2n) is 6.95. The molecule has 5 heteroatoms. The molecule has 118 valence electrons. The molecule has 1 saturated heterocycles. The Hall–Kier alpha value is -0.940. The predicted octanol–water partition coefficient (Wildman–Crippen LogP) is 2.93. The monoisotopic (exact) mass is 309 g/mol. The molecule has 1 aromatic rings. The van der Waals surface area contributed by atoms with Gasteiger partial charge in [-0.05, 0) is 37.1 Å². The third-order valence-corrected chi connectivity index (χ3v) is 5.28. The van der Waals surface area contributed by atoms with E-state index in [4.69, 9.17) is 5.73 Å². The summed E-state index contributed by atoms with van der Waals surface area (Å²) in [6.45, 7) is 9.19. The maximum absolute atomic E-state index is 12.6. The third-order valence-electron chi connectivity index (χ3n) is 4.37. The molecule has 1 aliphatic rings. The number of carbonyl (C=O) groups excluding carboxylic acids is 1. The fraction of sp³-hybridized carbons (Fsp3) is 0.750. The number of thiazole rings is 1. The lowest BCUT2D eigenvalue weighted by molar-refractivity contribution is 0.0750. The van der Waals surface area contributed by atoms with E-state index in [1.54, 1.807) is 0 Å². The summed E-state index contributed by atoms with van der Waals surface area (Å²) in [6, 6.07) is 0. The van der Waals surface area contributed by atoms with Crippen LogP contribution in [-0.2, 0) is 6.42 Å². The van der Waals surface area contributed by atoms with Crippen LogP contribution < -0.4 is 5.73 Å². The highest BCUT2D eigenvalue weighted by Gasteiger charge is 2.29. The fourth-order valence-electron chi connectivity index (χ4n) is 2.97. The van der Waals surface area contributed by atoms with Gasteiger partial charge in [0.25, 0.3) is 5.91 Å². The molecule has 1 aromatic heterocycles. The molecule has 0 radical (unpaired) electrons. The van der Waals surface area contributed by atoms with Crippen molar-refractivity contribution >= 4 is 17.2 Å². The summed E-state index contributed by atoms with van der Waals surface area (Å²) in [5.74, 6) is 0.780. The quantitative estimate of drug-likeness (QED) is 0.934. The lowest BCUT2D eigenvalue weighted by Crippen LogP contribution is -2.32. The summed E-state index contributed by atoms with van der Waals surface area (Å²) < 4.78 is 0. The summed E-state index contributed by atoms with van der Waals surface area (Å²) in [5.41, 5.74) is 6.46. The van der Waals surface area contributed by atoms with Crippen molar-refractivity contribution in [1.29, 1.82) is 0 Å². The second-order valence-corrected chi connectivity index (χ2v) is 7.89. The van der Waals surface area contributed by atoms with Crippen LogP contribution in [0.4, 0.5) is 0 Å². The molecule has 0 bridgehead atoms. The van der Waals surface area contributed by atoms with E-state index < -0.39 is 0 Å². The van der Waals surface area contributed by atoms with Gasteiger partial charge in [0.1, 0.15) is 5.69 Å². The number of carbonyl (C=O) groups is 1. The lowest BCUT2D eigenvalue weighted by atomic mass is 9.77. The lowest BCUT2D eigenvalue weighted by Gasteiger charge is -2.29. The van der Waals surface area contributed by atoms with E-state index >= 15 is 0 Å². The number of amides is 1. The van der Waals surface area contributed by atoms with Gasteiger partial charge >= 0.3 is 0 Å². The molecule has 2 N–H and O–H groups in total. The molecule has 0 aliphatic carbocycles. The van der Waals surface area contributed by atoms with Crippen molar-refractivity contribution < 1.29 is 4.79 Å². The average molecular weight is 309 g/mol. The maximum atomic E-state index is 12.6. The first-order valence-corrected chi connectivity index (χ1v) is 8.73. The van der Waals surface area contributed by atoms with Gasteiger partial charge in [0.15, 0.2) is 0 Å². The second kappa shape index (κ2) is 6.88. The Morgan fingerprint density at radius 1 is 1.43 bits per heavy atom. The number of likely N-dealkylation sites (tertiary alicyclic amines) is 1. The molecule has 1 unspecified atom stereocenters. The van der Waals surface area contributed by atoms with E-state index in [1.807, 2.05) is 10.3 Å². The van der Waals surface area contributed by atoms with Crippen LogP contribution in [0.25, 0.3) is 0 Å². The van der Waals surface area contributed by atoms with Crippen LogP contribution >= 0.6 is 11.3 Å². The first-order valence-electron chi connectivity index (χ1n) is 7.85. The van der Waals surface area contributed by atoms with E-state index in [-0.39, 0.29) is 5.91 Å². The highest BCUT2D eigenvalue weighted by molar-refractivity contribution is 7.09. The Labute approximate surface area is 131 Å². The molecular formula is C16H27N3OS. The predicted molar refractivity (Wildman–Crippen MR) is 87.6 cm³/mol. The van der Waals surface area contributed by atoms with Crippen LogP contribution in [0.2, 0.25) is 0 Å². The van der Waals surface area contributed by atoms with Crippen LogP contribution in [0.5, 0.6) is 0 Å². The molecule has 4 nitrogen and oxygen atoms in total. The van der Waals surface area contributed by atoms with E-state index in [0.29, 0.717) is 23.6 Å². The molecule has 2 heterocycles. The summed E-state index contributed by atoms with van der Waals surface area (Å²) in [6.07, 6.45) is 4.15. The minimum Gasteiger partial charge on any atom is -0.337 e. The fourth-order valence-corrected chi connectivity index (χ4v) is 3.76. The van der Waals surface area contributed by atoms with Gasteiger partial charge in [0.2, 0.25) is 0 Å². The number of rotatable bonds is 3. The molecule has 1 aliphatic heterocycles. The maximum Gasteiger partial charge on any atom is 0.273 e. The Morgan fingerprint density at radius 2 is 2.19 bits per heavy atom. The molecule has 0 aromatic carbocycles. The van der Waals surface area contributed by atoms with Gasteiger partial charge in [0.05, 0.1) is 5.01 Å². The van der Waals surface area contributed by atoms with E-state index in [9.17, 15) is 4.79 Å². The average Bonchev–Trinajstić information content (AvgIpc) is 2.72. The zero-order valence-electron chi connectivity index (χ0n) is 13.4. The molecule has 2 rings (SSSR count). The molecule has 1 fully saturated rings. The van der Waals surface area contributed by atoms with Crippen LogP contribution in [-0.4, -0.2) is 35.4 Å². The highest BCUT2D eigenvalue weighted by Crippen LogP contribution is 2.34. The van der Waals surface area contributed by atoms with E-state index in [1.165, 1.54) is 17.8 Å². The smallest absolute Gasteiger partial charge is 0.273 e. The summed E-state index contributed by atoms with van der Waals surface area (Å²) in [5, 5.41) is 2.84. The van der Waals surface area contributed by atoms with Gasteiger partial charge in [-0.25, -0.2) is 4.98 Å². The third kappa shape index (κ3) is 4.27. The molecular weight excluding hydrogens is 282 g/mol. The van der Waals surface area contributed by atoms with Crippen LogP contribution in [0.3, 0.4) is 0 Å². The van der Waals surface area contributed by atoms with Gasteiger partial charge in [-0.1, -0.05) is 20.8 Å². The Morgan fingerprint density at radius 3 is 2.86 bits per heavy atom. The standard InChI is InChI=1S/C16H27N3OS/c1-16(2,3)12-5-4-9-19(10-7-12)15(20)13-11-21-14(18-13)6-8-17/h11-12H,4-10,17H2,1-3H3. The van der Waals surface area contributed by atoms with Crippen molar-refractivity contribution in [2.24, 2.45) is 17.1 Å². The van der Waals surface area contributed by atoms with Crippen molar-refractivity contribution in [2.75, 3.05) is 19.6 Å². The van der Waals surface area contributed by atoms with E-state index in [0.717, 1.165) is 37.4 Å². The van der Waals surface area contributed by atoms with Crippen molar-refractivity contribution in [1.82, 2.24) is 9.88 Å². The van der Waals surface area contributed by atoms with Crippen LogP contribution in [0.15, 0.2) is 5.38 Å². The van der Waals surface area contributed by atoms with Gasteiger partial charge < -0.3 is 10.6 Å². The van der Waals surface area contributed by atoms with Gasteiger partial charge in [0, 0.05) is 24.9 Å². The Bertz CT molecular complexity index is 478. The molecule has 0 spiro atoms.